The Balaban J connectivity index is 1.96. The smallest absolute Gasteiger partial charge is 0.245 e. The highest BCUT2D eigenvalue weighted by atomic mass is 16.5. The topological polar surface area (TPSA) is 38.7 Å². The fourth-order valence-corrected chi connectivity index (χ4v) is 2.12. The van der Waals surface area contributed by atoms with Crippen molar-refractivity contribution >= 4 is 12.2 Å². The first kappa shape index (κ1) is 11.7. The van der Waals surface area contributed by atoms with E-state index in [2.05, 4.69) is 4.99 Å². The van der Waals surface area contributed by atoms with Crippen LogP contribution >= 0.6 is 0 Å². The Labute approximate surface area is 111 Å². The summed E-state index contributed by atoms with van der Waals surface area (Å²) in [7, 11) is 0. The number of rotatable bonds is 3. The molecule has 2 aromatic carbocycles. The molecule has 0 fully saturated rings. The lowest BCUT2D eigenvalue weighted by Crippen LogP contribution is -2.18. The predicted molar refractivity (Wildman–Crippen MR) is 72.7 cm³/mol. The molecule has 0 unspecified atom stereocenters. The average Bonchev–Trinajstić information content (AvgIpc) is 2.93. The Kier molecular flexibility index (Phi) is 3.11. The first-order valence-electron chi connectivity index (χ1n) is 6.11. The van der Waals surface area contributed by atoms with E-state index in [4.69, 9.17) is 4.74 Å². The summed E-state index contributed by atoms with van der Waals surface area (Å²) in [6.45, 7) is 0. The molecule has 3 rings (SSSR count). The number of ether oxygens (including phenoxy) is 1. The standard InChI is InChI=1S/C16H12NO2/c18-11-14-15(12-7-3-1-4-8-12)17-16(19-14)13-9-5-2-6-10-13/h1-10,14-15H/t14-,15-/m0/s1. The highest BCUT2D eigenvalue weighted by Gasteiger charge is 2.33. The van der Waals surface area contributed by atoms with Gasteiger partial charge in [-0.15, -0.1) is 0 Å². The van der Waals surface area contributed by atoms with Crippen LogP contribution in [0.15, 0.2) is 65.7 Å². The van der Waals surface area contributed by atoms with Crippen molar-refractivity contribution in [3.63, 3.8) is 0 Å². The molecule has 2 atom stereocenters. The van der Waals surface area contributed by atoms with Crippen molar-refractivity contribution in [1.82, 2.24) is 0 Å². The molecule has 0 aromatic heterocycles. The molecule has 0 amide bonds. The van der Waals surface area contributed by atoms with Crippen LogP contribution in [0.2, 0.25) is 0 Å². The Morgan fingerprint density at radius 1 is 0.947 bits per heavy atom. The van der Waals surface area contributed by atoms with Gasteiger partial charge in [-0.05, 0) is 17.7 Å². The van der Waals surface area contributed by atoms with Crippen LogP contribution in [0.3, 0.4) is 0 Å². The number of benzene rings is 2. The second-order valence-electron chi connectivity index (χ2n) is 4.31. The number of hydrogen-bond acceptors (Lipinski definition) is 3. The van der Waals surface area contributed by atoms with Crippen LogP contribution in [0, 0.1) is 0 Å². The summed E-state index contributed by atoms with van der Waals surface area (Å²) in [5.41, 5.74) is 1.84. The van der Waals surface area contributed by atoms with Gasteiger partial charge in [0.25, 0.3) is 0 Å². The molecular weight excluding hydrogens is 238 g/mol. The fourth-order valence-electron chi connectivity index (χ4n) is 2.12. The third kappa shape index (κ3) is 2.27. The minimum Gasteiger partial charge on any atom is -0.463 e. The summed E-state index contributed by atoms with van der Waals surface area (Å²) < 4.78 is 5.59. The zero-order chi connectivity index (χ0) is 13.1. The minimum absolute atomic E-state index is 0.311. The summed E-state index contributed by atoms with van der Waals surface area (Å²) >= 11 is 0. The maximum absolute atomic E-state index is 11.0. The van der Waals surface area contributed by atoms with E-state index in [0.717, 1.165) is 11.1 Å². The molecule has 2 aromatic rings. The lowest BCUT2D eigenvalue weighted by atomic mass is 10.0. The Morgan fingerprint density at radius 2 is 1.58 bits per heavy atom. The first-order valence-corrected chi connectivity index (χ1v) is 6.11. The third-order valence-electron chi connectivity index (χ3n) is 3.06. The van der Waals surface area contributed by atoms with Crippen molar-refractivity contribution in [1.29, 1.82) is 0 Å². The summed E-state index contributed by atoms with van der Waals surface area (Å²) in [6, 6.07) is 18.9. The zero-order valence-electron chi connectivity index (χ0n) is 10.2. The van der Waals surface area contributed by atoms with Gasteiger partial charge in [0.1, 0.15) is 6.04 Å². The maximum Gasteiger partial charge on any atom is 0.245 e. The molecule has 1 aliphatic rings. The van der Waals surface area contributed by atoms with Crippen molar-refractivity contribution in [3.05, 3.63) is 71.8 Å². The van der Waals surface area contributed by atoms with Crippen molar-refractivity contribution in [2.24, 2.45) is 4.99 Å². The van der Waals surface area contributed by atoms with Gasteiger partial charge in [0.2, 0.25) is 12.2 Å². The zero-order valence-corrected chi connectivity index (χ0v) is 10.2. The van der Waals surface area contributed by atoms with E-state index in [1.807, 2.05) is 66.9 Å². The van der Waals surface area contributed by atoms with Crippen LogP contribution in [0.25, 0.3) is 0 Å². The van der Waals surface area contributed by atoms with E-state index < -0.39 is 6.10 Å². The molecule has 1 aliphatic heterocycles. The van der Waals surface area contributed by atoms with Crippen molar-refractivity contribution in [2.45, 2.75) is 12.1 Å². The van der Waals surface area contributed by atoms with Gasteiger partial charge in [0, 0.05) is 5.56 Å². The molecule has 0 aliphatic carbocycles. The van der Waals surface area contributed by atoms with Gasteiger partial charge < -0.3 is 4.74 Å². The number of aliphatic imine (C=N–C) groups is 1. The van der Waals surface area contributed by atoms with Gasteiger partial charge in [-0.1, -0.05) is 48.5 Å². The van der Waals surface area contributed by atoms with E-state index in [1.165, 1.54) is 0 Å². The van der Waals surface area contributed by atoms with Crippen LogP contribution < -0.4 is 0 Å². The highest BCUT2D eigenvalue weighted by Crippen LogP contribution is 2.29. The van der Waals surface area contributed by atoms with Gasteiger partial charge in [0.05, 0.1) is 0 Å². The Hall–Kier alpha value is -2.42. The SMILES string of the molecule is O=[C][C@@H]1OC(c2ccccc2)=N[C@H]1c1ccccc1. The molecule has 19 heavy (non-hydrogen) atoms. The number of nitrogens with zero attached hydrogens (tertiary/aromatic N) is 1. The highest BCUT2D eigenvalue weighted by molar-refractivity contribution is 5.96. The largest absolute Gasteiger partial charge is 0.463 e. The number of carbonyl (C=O) groups excluding carboxylic acids is 1. The van der Waals surface area contributed by atoms with E-state index >= 15 is 0 Å². The quantitative estimate of drug-likeness (QED) is 0.840. The van der Waals surface area contributed by atoms with Crippen LogP contribution in [-0.2, 0) is 9.53 Å². The van der Waals surface area contributed by atoms with Crippen LogP contribution in [-0.4, -0.2) is 18.3 Å². The predicted octanol–water partition coefficient (Wildman–Crippen LogP) is 2.68. The molecule has 0 N–H and O–H groups in total. The summed E-state index contributed by atoms with van der Waals surface area (Å²) in [4.78, 5) is 15.6. The third-order valence-corrected chi connectivity index (χ3v) is 3.06. The van der Waals surface area contributed by atoms with Crippen molar-refractivity contribution in [3.8, 4) is 0 Å². The Morgan fingerprint density at radius 3 is 2.21 bits per heavy atom. The van der Waals surface area contributed by atoms with Crippen molar-refractivity contribution in [2.75, 3.05) is 0 Å². The molecule has 3 heteroatoms. The van der Waals surface area contributed by atoms with Gasteiger partial charge in [-0.2, -0.15) is 0 Å². The van der Waals surface area contributed by atoms with E-state index in [-0.39, 0.29) is 6.04 Å². The van der Waals surface area contributed by atoms with E-state index in [0.29, 0.717) is 5.90 Å². The molecule has 93 valence electrons. The summed E-state index contributed by atoms with van der Waals surface area (Å²) in [6.07, 6.45) is 1.26. The van der Waals surface area contributed by atoms with Gasteiger partial charge in [-0.3, -0.25) is 4.79 Å². The minimum atomic E-state index is -0.669. The second-order valence-corrected chi connectivity index (χ2v) is 4.31. The molecule has 0 saturated heterocycles. The van der Waals surface area contributed by atoms with Gasteiger partial charge >= 0.3 is 0 Å². The van der Waals surface area contributed by atoms with E-state index in [1.54, 1.807) is 0 Å². The lowest BCUT2D eigenvalue weighted by molar-refractivity contribution is 0.254. The first-order chi connectivity index (χ1) is 9.38. The maximum atomic E-state index is 11.0. The van der Waals surface area contributed by atoms with E-state index in [9.17, 15) is 4.79 Å². The molecular formula is C16H12NO2. The monoisotopic (exact) mass is 250 g/mol. The van der Waals surface area contributed by atoms with Gasteiger partial charge in [0.15, 0.2) is 6.10 Å². The summed E-state index contributed by atoms with van der Waals surface area (Å²) in [5.74, 6) is 0.503. The summed E-state index contributed by atoms with van der Waals surface area (Å²) in [5, 5.41) is 0. The fraction of sp³-hybridized carbons (Fsp3) is 0.125. The molecule has 0 spiro atoms. The van der Waals surface area contributed by atoms with Gasteiger partial charge in [-0.25, -0.2) is 4.99 Å². The van der Waals surface area contributed by atoms with Crippen LogP contribution in [0.1, 0.15) is 17.2 Å². The Bertz CT molecular complexity index is 593. The number of hydrogen-bond donors (Lipinski definition) is 0. The molecule has 0 bridgehead atoms. The molecule has 0 saturated carbocycles. The van der Waals surface area contributed by atoms with Crippen molar-refractivity contribution < 1.29 is 9.53 Å². The van der Waals surface area contributed by atoms with Crippen LogP contribution in [0.4, 0.5) is 0 Å². The molecule has 3 nitrogen and oxygen atoms in total. The normalized spacial score (nSPS) is 21.6. The molecule has 1 radical (unpaired) electrons. The van der Waals surface area contributed by atoms with Crippen LogP contribution in [0.5, 0.6) is 0 Å². The second kappa shape index (κ2) is 5.06. The average molecular weight is 250 g/mol. The molecule has 1 heterocycles. The lowest BCUT2D eigenvalue weighted by Gasteiger charge is -2.10.